The van der Waals surface area contributed by atoms with E-state index in [9.17, 15) is 9.90 Å². The number of hydrogen-bond donors (Lipinski definition) is 1. The molecule has 5 fully saturated rings. The highest BCUT2D eigenvalue weighted by atomic mass is 16.7. The minimum Gasteiger partial charge on any atom is -0.458 e. The first-order valence-electron chi connectivity index (χ1n) is 15.4. The fourth-order valence-corrected chi connectivity index (χ4v) is 10.4. The average Bonchev–Trinajstić information content (AvgIpc) is 3.52. The largest absolute Gasteiger partial charge is 0.458 e. The van der Waals surface area contributed by atoms with E-state index in [1.165, 1.54) is 25.7 Å². The van der Waals surface area contributed by atoms with Crippen LogP contribution in [0.15, 0.2) is 30.3 Å². The highest BCUT2D eigenvalue weighted by Gasteiger charge is 2.65. The van der Waals surface area contributed by atoms with E-state index in [-0.39, 0.29) is 29.5 Å². The predicted molar refractivity (Wildman–Crippen MR) is 146 cm³/mol. The third kappa shape index (κ3) is 4.36. The van der Waals surface area contributed by atoms with Crippen molar-refractivity contribution in [2.75, 3.05) is 19.8 Å². The quantitative estimate of drug-likeness (QED) is 0.423. The van der Waals surface area contributed by atoms with Crippen LogP contribution < -0.4 is 0 Å². The molecule has 1 spiro atoms. The molecule has 1 N–H and O–H groups in total. The molecule has 38 heavy (non-hydrogen) atoms. The summed E-state index contributed by atoms with van der Waals surface area (Å²) in [7, 11) is 0. The standard InChI is InChI=1S/C33H48O5/c1-22(8-7-17-34)25-11-12-26-29-27(13-14-32(25,26)3)31(2)15-16-33(36-18-19-37-33)21-24(31)20-28(29)38-30(35)23-9-5-4-6-10-23/h4-6,9-10,22,24-29,34H,7-8,11-21H2,1-3H3/t22-,24+,25-,26?,27?,28?,29?,31+,32-/m1/s1. The summed E-state index contributed by atoms with van der Waals surface area (Å²) in [6.07, 6.45) is 10.9. The van der Waals surface area contributed by atoms with Crippen molar-refractivity contribution < 1.29 is 24.1 Å². The summed E-state index contributed by atoms with van der Waals surface area (Å²) in [6.45, 7) is 9.19. The van der Waals surface area contributed by atoms with Crippen molar-refractivity contribution in [2.24, 2.45) is 46.3 Å². The molecule has 0 radical (unpaired) electrons. The third-order valence-corrected chi connectivity index (χ3v) is 12.3. The second-order valence-electron chi connectivity index (χ2n) is 13.9. The van der Waals surface area contributed by atoms with Crippen molar-refractivity contribution in [3.05, 3.63) is 35.9 Å². The minimum absolute atomic E-state index is 0.0570. The van der Waals surface area contributed by atoms with E-state index in [4.69, 9.17) is 14.2 Å². The molecule has 4 unspecified atom stereocenters. The lowest BCUT2D eigenvalue weighted by Gasteiger charge is -2.63. The molecule has 5 nitrogen and oxygen atoms in total. The van der Waals surface area contributed by atoms with E-state index in [2.05, 4.69) is 20.8 Å². The summed E-state index contributed by atoms with van der Waals surface area (Å²) in [5.74, 6) is 2.72. The molecule has 4 saturated carbocycles. The maximum atomic E-state index is 13.4. The van der Waals surface area contributed by atoms with Crippen LogP contribution in [0, 0.1) is 46.3 Å². The molecule has 6 rings (SSSR count). The van der Waals surface area contributed by atoms with Crippen LogP contribution in [0.5, 0.6) is 0 Å². The first-order valence-corrected chi connectivity index (χ1v) is 15.4. The number of rotatable bonds is 6. The molecular formula is C33H48O5. The third-order valence-electron chi connectivity index (χ3n) is 12.3. The molecule has 1 aliphatic heterocycles. The van der Waals surface area contributed by atoms with Gasteiger partial charge in [0.2, 0.25) is 0 Å². The summed E-state index contributed by atoms with van der Waals surface area (Å²) in [5, 5.41) is 9.47. The van der Waals surface area contributed by atoms with Gasteiger partial charge in [-0.15, -0.1) is 0 Å². The van der Waals surface area contributed by atoms with E-state index in [0.29, 0.717) is 54.3 Å². The number of esters is 1. The Balaban J connectivity index is 1.31. The SMILES string of the molecule is C[C@H](CCCO)[C@H]1CCC2C3C(OC(=O)c4ccccc4)C[C@H]4CC5(CC[C@]4(C)C3CC[C@@]21C)OCCO5. The number of carbonyl (C=O) groups is 1. The Kier molecular flexibility index (Phi) is 7.18. The normalized spacial score (nSPS) is 42.2. The maximum Gasteiger partial charge on any atom is 0.338 e. The maximum absolute atomic E-state index is 13.4. The zero-order valence-corrected chi connectivity index (χ0v) is 23.7. The summed E-state index contributed by atoms with van der Waals surface area (Å²) in [5.41, 5.74) is 1.17. The van der Waals surface area contributed by atoms with Crippen LogP contribution in [0.1, 0.15) is 95.3 Å². The molecule has 210 valence electrons. The lowest BCUT2D eigenvalue weighted by atomic mass is 9.43. The molecule has 1 aromatic carbocycles. The van der Waals surface area contributed by atoms with Crippen molar-refractivity contribution in [3.63, 3.8) is 0 Å². The van der Waals surface area contributed by atoms with Gasteiger partial charge in [0.15, 0.2) is 5.79 Å². The number of hydrogen-bond acceptors (Lipinski definition) is 5. The van der Waals surface area contributed by atoms with E-state index >= 15 is 0 Å². The van der Waals surface area contributed by atoms with Crippen LogP contribution >= 0.6 is 0 Å². The van der Waals surface area contributed by atoms with Gasteiger partial charge >= 0.3 is 5.97 Å². The van der Waals surface area contributed by atoms with Crippen molar-refractivity contribution in [1.29, 1.82) is 0 Å². The summed E-state index contributed by atoms with van der Waals surface area (Å²) in [4.78, 5) is 13.4. The Bertz CT molecular complexity index is 988. The zero-order chi connectivity index (χ0) is 26.5. The van der Waals surface area contributed by atoms with E-state index < -0.39 is 5.79 Å². The lowest BCUT2D eigenvalue weighted by Crippen LogP contribution is -2.60. The first-order chi connectivity index (χ1) is 18.3. The Hall–Kier alpha value is -1.43. The topological polar surface area (TPSA) is 65.0 Å². The number of aliphatic hydroxyl groups excluding tert-OH is 1. The predicted octanol–water partition coefficient (Wildman–Crippen LogP) is 6.63. The molecule has 0 aromatic heterocycles. The highest BCUT2D eigenvalue weighted by molar-refractivity contribution is 5.89. The van der Waals surface area contributed by atoms with Crippen LogP contribution in [-0.4, -0.2) is 42.8 Å². The highest BCUT2D eigenvalue weighted by Crippen LogP contribution is 2.69. The van der Waals surface area contributed by atoms with Gasteiger partial charge in [-0.3, -0.25) is 0 Å². The molecule has 5 heteroatoms. The summed E-state index contributed by atoms with van der Waals surface area (Å²) in [6, 6.07) is 9.54. The Morgan fingerprint density at radius 1 is 1.03 bits per heavy atom. The monoisotopic (exact) mass is 524 g/mol. The van der Waals surface area contributed by atoms with E-state index in [0.717, 1.165) is 38.5 Å². The number of aliphatic hydroxyl groups is 1. The van der Waals surface area contributed by atoms with Gasteiger partial charge in [0.05, 0.1) is 18.8 Å². The molecule has 0 amide bonds. The molecule has 1 saturated heterocycles. The van der Waals surface area contributed by atoms with Crippen molar-refractivity contribution >= 4 is 5.97 Å². The fraction of sp³-hybridized carbons (Fsp3) is 0.788. The van der Waals surface area contributed by atoms with Crippen LogP contribution in [0.3, 0.4) is 0 Å². The Labute approximate surface area is 229 Å². The molecular weight excluding hydrogens is 476 g/mol. The second kappa shape index (κ2) is 10.2. The van der Waals surface area contributed by atoms with E-state index in [1.54, 1.807) is 0 Å². The fourth-order valence-electron chi connectivity index (χ4n) is 10.4. The van der Waals surface area contributed by atoms with Gasteiger partial charge in [-0.1, -0.05) is 39.0 Å². The minimum atomic E-state index is -0.422. The Morgan fingerprint density at radius 2 is 1.76 bits per heavy atom. The average molecular weight is 525 g/mol. The van der Waals surface area contributed by atoms with Gasteiger partial charge in [0.1, 0.15) is 6.10 Å². The molecule has 1 aromatic rings. The van der Waals surface area contributed by atoms with Crippen LogP contribution in [-0.2, 0) is 14.2 Å². The molecule has 9 atom stereocenters. The molecule has 0 bridgehead atoms. The van der Waals surface area contributed by atoms with Crippen molar-refractivity contribution in [1.82, 2.24) is 0 Å². The lowest BCUT2D eigenvalue weighted by molar-refractivity contribution is -0.242. The van der Waals surface area contributed by atoms with E-state index in [1.807, 2.05) is 30.3 Å². The van der Waals surface area contributed by atoms with Gasteiger partial charge in [0, 0.05) is 25.4 Å². The number of carbonyl (C=O) groups excluding carboxylic acids is 1. The van der Waals surface area contributed by atoms with Gasteiger partial charge in [-0.2, -0.15) is 0 Å². The molecule has 5 aliphatic rings. The number of fused-ring (bicyclic) bond motifs is 5. The van der Waals surface area contributed by atoms with Crippen molar-refractivity contribution in [3.8, 4) is 0 Å². The zero-order valence-electron chi connectivity index (χ0n) is 23.7. The molecule has 4 aliphatic carbocycles. The number of benzene rings is 1. The molecule has 1 heterocycles. The Morgan fingerprint density at radius 3 is 2.50 bits per heavy atom. The van der Waals surface area contributed by atoms with Gasteiger partial charge in [0.25, 0.3) is 0 Å². The second-order valence-corrected chi connectivity index (χ2v) is 13.9. The first kappa shape index (κ1) is 26.8. The van der Waals surface area contributed by atoms with Gasteiger partial charge < -0.3 is 19.3 Å². The number of ether oxygens (including phenoxy) is 3. The van der Waals surface area contributed by atoms with Crippen LogP contribution in [0.2, 0.25) is 0 Å². The van der Waals surface area contributed by atoms with Gasteiger partial charge in [-0.05, 0) is 104 Å². The summed E-state index contributed by atoms with van der Waals surface area (Å²) < 4.78 is 19.0. The van der Waals surface area contributed by atoms with Crippen molar-refractivity contribution in [2.45, 2.75) is 96.9 Å². The smallest absolute Gasteiger partial charge is 0.338 e. The summed E-state index contributed by atoms with van der Waals surface area (Å²) >= 11 is 0. The van der Waals surface area contributed by atoms with Crippen LogP contribution in [0.4, 0.5) is 0 Å². The van der Waals surface area contributed by atoms with Crippen LogP contribution in [0.25, 0.3) is 0 Å². The van der Waals surface area contributed by atoms with Gasteiger partial charge in [-0.25, -0.2) is 4.79 Å².